The Hall–Kier alpha value is -0.960. The van der Waals surface area contributed by atoms with Crippen molar-refractivity contribution in [2.75, 3.05) is 5.75 Å². The fourth-order valence-electron chi connectivity index (χ4n) is 2.27. The van der Waals surface area contributed by atoms with Crippen LogP contribution < -0.4 is 0 Å². The number of hydrogen-bond donors (Lipinski definition) is 0. The van der Waals surface area contributed by atoms with E-state index in [1.165, 1.54) is 17.5 Å². The Bertz CT molecular complexity index is 452. The summed E-state index contributed by atoms with van der Waals surface area (Å²) in [4.78, 5) is 12.3. The molecule has 1 unspecified atom stereocenters. The molecule has 1 aliphatic rings. The summed E-state index contributed by atoms with van der Waals surface area (Å²) in [5, 5.41) is 0. The second kappa shape index (κ2) is 5.58. The van der Waals surface area contributed by atoms with Crippen LogP contribution in [-0.4, -0.2) is 15.7 Å². The van der Waals surface area contributed by atoms with Crippen molar-refractivity contribution in [2.45, 2.75) is 43.9 Å². The van der Waals surface area contributed by atoms with Gasteiger partial charge < -0.3 is 0 Å². The van der Waals surface area contributed by atoms with Gasteiger partial charge in [0.25, 0.3) is 0 Å². The molecule has 0 aromatic heterocycles. The van der Waals surface area contributed by atoms with Crippen LogP contribution in [0, 0.1) is 0 Å². The standard InChI is InChI=1S/C14H18O2S/c1-2-4-13(15)10-17(16)14-8-7-11-5-3-6-12(11)9-14/h7-9H,2-6,10H2,1H3. The van der Waals surface area contributed by atoms with Gasteiger partial charge in [-0.2, -0.15) is 0 Å². The number of ketones is 1. The molecule has 1 aliphatic carbocycles. The molecule has 92 valence electrons. The van der Waals surface area contributed by atoms with Gasteiger partial charge in [0.05, 0.1) is 16.6 Å². The highest BCUT2D eigenvalue weighted by atomic mass is 32.2. The van der Waals surface area contributed by atoms with Crippen LogP contribution >= 0.6 is 0 Å². The molecule has 0 spiro atoms. The zero-order valence-electron chi connectivity index (χ0n) is 10.2. The van der Waals surface area contributed by atoms with E-state index in [1.54, 1.807) is 0 Å². The van der Waals surface area contributed by atoms with Crippen molar-refractivity contribution in [3.8, 4) is 0 Å². The average Bonchev–Trinajstić information content (AvgIpc) is 2.75. The lowest BCUT2D eigenvalue weighted by molar-refractivity contribution is -0.116. The number of fused-ring (bicyclic) bond motifs is 1. The molecule has 0 fully saturated rings. The summed E-state index contributed by atoms with van der Waals surface area (Å²) in [7, 11) is -1.16. The summed E-state index contributed by atoms with van der Waals surface area (Å²) in [5.41, 5.74) is 2.70. The van der Waals surface area contributed by atoms with E-state index in [1.807, 2.05) is 19.1 Å². The molecular formula is C14H18O2S. The maximum absolute atomic E-state index is 12.0. The smallest absolute Gasteiger partial charge is 0.145 e. The maximum Gasteiger partial charge on any atom is 0.145 e. The van der Waals surface area contributed by atoms with Crippen molar-refractivity contribution in [3.05, 3.63) is 29.3 Å². The van der Waals surface area contributed by atoms with Crippen molar-refractivity contribution in [1.82, 2.24) is 0 Å². The van der Waals surface area contributed by atoms with Crippen molar-refractivity contribution in [1.29, 1.82) is 0 Å². The summed E-state index contributed by atoms with van der Waals surface area (Å²) in [6, 6.07) is 6.01. The van der Waals surface area contributed by atoms with Gasteiger partial charge in [-0.1, -0.05) is 13.0 Å². The van der Waals surface area contributed by atoms with E-state index < -0.39 is 10.8 Å². The van der Waals surface area contributed by atoms with E-state index >= 15 is 0 Å². The highest BCUT2D eigenvalue weighted by Crippen LogP contribution is 2.24. The van der Waals surface area contributed by atoms with Gasteiger partial charge in [-0.3, -0.25) is 9.00 Å². The molecule has 0 bridgehead atoms. The lowest BCUT2D eigenvalue weighted by Gasteiger charge is -2.04. The van der Waals surface area contributed by atoms with Crippen molar-refractivity contribution in [3.63, 3.8) is 0 Å². The third-order valence-corrected chi connectivity index (χ3v) is 4.52. The molecule has 2 rings (SSSR count). The van der Waals surface area contributed by atoms with Gasteiger partial charge >= 0.3 is 0 Å². The summed E-state index contributed by atoms with van der Waals surface area (Å²) in [6.07, 6.45) is 4.79. The molecule has 0 saturated heterocycles. The Labute approximate surface area is 105 Å². The van der Waals surface area contributed by atoms with Gasteiger partial charge in [-0.15, -0.1) is 0 Å². The van der Waals surface area contributed by atoms with E-state index in [2.05, 4.69) is 6.07 Å². The molecule has 2 nitrogen and oxygen atoms in total. The van der Waals surface area contributed by atoms with Gasteiger partial charge in [0, 0.05) is 11.3 Å². The van der Waals surface area contributed by atoms with Gasteiger partial charge in [0.15, 0.2) is 0 Å². The van der Waals surface area contributed by atoms with Crippen molar-refractivity contribution < 1.29 is 9.00 Å². The lowest BCUT2D eigenvalue weighted by Crippen LogP contribution is -2.10. The quantitative estimate of drug-likeness (QED) is 0.805. The summed E-state index contributed by atoms with van der Waals surface area (Å²) in [6.45, 7) is 1.97. The number of rotatable bonds is 5. The van der Waals surface area contributed by atoms with Crippen LogP contribution in [0.3, 0.4) is 0 Å². The molecule has 0 amide bonds. The summed E-state index contributed by atoms with van der Waals surface area (Å²) < 4.78 is 12.0. The summed E-state index contributed by atoms with van der Waals surface area (Å²) in [5.74, 6) is 0.276. The van der Waals surface area contributed by atoms with Gasteiger partial charge in [0.2, 0.25) is 0 Å². The van der Waals surface area contributed by atoms with Crippen LogP contribution in [0.5, 0.6) is 0 Å². The fraction of sp³-hybridized carbons (Fsp3) is 0.500. The molecular weight excluding hydrogens is 232 g/mol. The molecule has 0 saturated carbocycles. The predicted molar refractivity (Wildman–Crippen MR) is 69.7 cm³/mol. The van der Waals surface area contributed by atoms with E-state index in [-0.39, 0.29) is 11.5 Å². The second-order valence-corrected chi connectivity index (χ2v) is 6.01. The van der Waals surface area contributed by atoms with E-state index in [0.717, 1.165) is 24.2 Å². The molecule has 0 heterocycles. The second-order valence-electron chi connectivity index (χ2n) is 4.56. The first kappa shape index (κ1) is 12.5. The van der Waals surface area contributed by atoms with Crippen molar-refractivity contribution >= 4 is 16.6 Å². The molecule has 17 heavy (non-hydrogen) atoms. The number of hydrogen-bond acceptors (Lipinski definition) is 2. The van der Waals surface area contributed by atoms with Crippen LogP contribution in [0.4, 0.5) is 0 Å². The largest absolute Gasteiger partial charge is 0.299 e. The first-order chi connectivity index (χ1) is 8.20. The lowest BCUT2D eigenvalue weighted by atomic mass is 10.1. The van der Waals surface area contributed by atoms with Crippen molar-refractivity contribution in [2.24, 2.45) is 0 Å². The molecule has 3 heteroatoms. The SMILES string of the molecule is CCCC(=O)CS(=O)c1ccc2c(c1)CCC2. The number of carbonyl (C=O) groups excluding carboxylic acids is 1. The van der Waals surface area contributed by atoms with Crippen LogP contribution in [0.15, 0.2) is 23.1 Å². The minimum absolute atomic E-state index is 0.103. The van der Waals surface area contributed by atoms with Gasteiger partial charge in [0.1, 0.15) is 5.78 Å². The van der Waals surface area contributed by atoms with Crippen LogP contribution in [0.25, 0.3) is 0 Å². The monoisotopic (exact) mass is 250 g/mol. The highest BCUT2D eigenvalue weighted by molar-refractivity contribution is 7.85. The normalized spacial score (nSPS) is 15.6. The molecule has 0 radical (unpaired) electrons. The highest BCUT2D eigenvalue weighted by Gasteiger charge is 2.14. The Morgan fingerprint density at radius 3 is 2.82 bits per heavy atom. The third-order valence-electron chi connectivity index (χ3n) is 3.15. The minimum Gasteiger partial charge on any atom is -0.299 e. The Morgan fingerprint density at radius 1 is 1.29 bits per heavy atom. The fourth-order valence-corrected chi connectivity index (χ4v) is 3.37. The molecule has 0 aliphatic heterocycles. The number of carbonyl (C=O) groups is 1. The minimum atomic E-state index is -1.16. The predicted octanol–water partition coefficient (Wildman–Crippen LogP) is 2.65. The van der Waals surface area contributed by atoms with Crippen LogP contribution in [-0.2, 0) is 28.4 Å². The van der Waals surface area contributed by atoms with Crippen LogP contribution in [0.2, 0.25) is 0 Å². The molecule has 1 aromatic carbocycles. The molecule has 0 N–H and O–H groups in total. The topological polar surface area (TPSA) is 34.1 Å². The van der Waals surface area contributed by atoms with Gasteiger partial charge in [-0.05, 0) is 48.9 Å². The first-order valence-electron chi connectivity index (χ1n) is 6.22. The number of Topliss-reactive ketones (excluding diaryl/α,β-unsaturated/α-hetero) is 1. The summed E-state index contributed by atoms with van der Waals surface area (Å²) >= 11 is 0. The first-order valence-corrected chi connectivity index (χ1v) is 7.54. The van der Waals surface area contributed by atoms with Gasteiger partial charge in [-0.25, -0.2) is 0 Å². The Kier molecular flexibility index (Phi) is 4.11. The average molecular weight is 250 g/mol. The van der Waals surface area contributed by atoms with E-state index in [9.17, 15) is 9.00 Å². The number of aryl methyl sites for hydroxylation is 2. The maximum atomic E-state index is 12.0. The Morgan fingerprint density at radius 2 is 2.06 bits per heavy atom. The van der Waals surface area contributed by atoms with E-state index in [0.29, 0.717) is 6.42 Å². The number of benzene rings is 1. The van der Waals surface area contributed by atoms with Crippen LogP contribution in [0.1, 0.15) is 37.3 Å². The zero-order valence-corrected chi connectivity index (χ0v) is 11.0. The van der Waals surface area contributed by atoms with E-state index in [4.69, 9.17) is 0 Å². The third kappa shape index (κ3) is 3.03. The molecule has 1 atom stereocenters. The Balaban J connectivity index is 2.07. The zero-order chi connectivity index (χ0) is 12.3. The molecule has 1 aromatic rings.